The van der Waals surface area contributed by atoms with E-state index in [1.165, 1.54) is 22.3 Å². The van der Waals surface area contributed by atoms with Crippen LogP contribution in [0.2, 0.25) is 0 Å². The van der Waals surface area contributed by atoms with Gasteiger partial charge in [0.1, 0.15) is 22.7 Å². The van der Waals surface area contributed by atoms with Crippen LogP contribution in [0, 0.1) is 0 Å². The molecule has 13 rings (SSSR count). The van der Waals surface area contributed by atoms with Crippen LogP contribution in [0.5, 0.6) is 11.5 Å². The standard InChI is InChI=1S/C57H35NO2/c1-2-15-36(16-3-1)40-19-9-12-26-50(40)58(39-31-34-53-45(35-39)43-22-10-13-28-52(43)59-53)51-27-14-25-47-54(51)44-23-8-11-24-46(44)57(47)48-32-29-37-17-4-6-20-41(37)55(48)60-56-42-21-7-5-18-38(42)30-33-49(56)57/h1-35H. The first kappa shape index (κ1) is 33.1. The van der Waals surface area contributed by atoms with Crippen LogP contribution < -0.4 is 9.64 Å². The second-order valence-corrected chi connectivity index (χ2v) is 15.9. The molecule has 2 aliphatic rings. The van der Waals surface area contributed by atoms with Crippen LogP contribution in [-0.4, -0.2) is 0 Å². The summed E-state index contributed by atoms with van der Waals surface area (Å²) in [7, 11) is 0. The lowest BCUT2D eigenvalue weighted by Crippen LogP contribution is -2.32. The third kappa shape index (κ3) is 4.49. The smallest absolute Gasteiger partial charge is 0.140 e. The van der Waals surface area contributed by atoms with E-state index in [0.29, 0.717) is 0 Å². The van der Waals surface area contributed by atoms with E-state index in [9.17, 15) is 0 Å². The summed E-state index contributed by atoms with van der Waals surface area (Å²) >= 11 is 0. The van der Waals surface area contributed by atoms with Gasteiger partial charge >= 0.3 is 0 Å². The molecule has 0 amide bonds. The first-order chi connectivity index (χ1) is 29.8. The summed E-state index contributed by atoms with van der Waals surface area (Å²) in [5.74, 6) is 1.82. The van der Waals surface area contributed by atoms with E-state index in [4.69, 9.17) is 9.15 Å². The van der Waals surface area contributed by atoms with E-state index in [1.807, 2.05) is 12.1 Å². The van der Waals surface area contributed by atoms with Crippen LogP contribution in [0.1, 0.15) is 22.3 Å². The largest absolute Gasteiger partial charge is 0.456 e. The number of furan rings is 1. The van der Waals surface area contributed by atoms with Crippen molar-refractivity contribution < 1.29 is 9.15 Å². The van der Waals surface area contributed by atoms with Gasteiger partial charge in [-0.25, -0.2) is 0 Å². The Morgan fingerprint density at radius 2 is 0.950 bits per heavy atom. The van der Waals surface area contributed by atoms with Crippen molar-refractivity contribution in [3.05, 3.63) is 235 Å². The number of nitrogens with zero attached hydrogens (tertiary/aromatic N) is 1. The predicted molar refractivity (Wildman–Crippen MR) is 246 cm³/mol. The predicted octanol–water partition coefficient (Wildman–Crippen LogP) is 15.5. The average molecular weight is 766 g/mol. The Labute approximate surface area is 347 Å². The normalized spacial score (nSPS) is 13.3. The van der Waals surface area contributed by atoms with Crippen LogP contribution in [0.4, 0.5) is 17.1 Å². The van der Waals surface area contributed by atoms with E-state index >= 15 is 0 Å². The van der Waals surface area contributed by atoms with Crippen LogP contribution in [0.25, 0.3) is 65.7 Å². The highest BCUT2D eigenvalue weighted by Gasteiger charge is 2.52. The van der Waals surface area contributed by atoms with Crippen molar-refractivity contribution in [2.45, 2.75) is 5.41 Å². The van der Waals surface area contributed by atoms with Crippen LogP contribution in [0.3, 0.4) is 0 Å². The van der Waals surface area contributed by atoms with Gasteiger partial charge in [-0.2, -0.15) is 0 Å². The molecule has 0 saturated carbocycles. The van der Waals surface area contributed by atoms with Crippen LogP contribution >= 0.6 is 0 Å². The molecule has 0 bridgehead atoms. The zero-order valence-electron chi connectivity index (χ0n) is 32.5. The lowest BCUT2D eigenvalue weighted by molar-refractivity contribution is 0.447. The molecule has 3 nitrogen and oxygen atoms in total. The minimum atomic E-state index is -0.672. The summed E-state index contributed by atoms with van der Waals surface area (Å²) in [5.41, 5.74) is 13.8. The molecule has 1 spiro atoms. The minimum Gasteiger partial charge on any atom is -0.456 e. The van der Waals surface area contributed by atoms with Crippen molar-refractivity contribution in [3.8, 4) is 33.8 Å². The van der Waals surface area contributed by atoms with E-state index in [-0.39, 0.29) is 0 Å². The van der Waals surface area contributed by atoms with Gasteiger partial charge in [0.25, 0.3) is 0 Å². The molecule has 60 heavy (non-hydrogen) atoms. The monoisotopic (exact) mass is 765 g/mol. The molecule has 0 fully saturated rings. The first-order valence-corrected chi connectivity index (χ1v) is 20.6. The summed E-state index contributed by atoms with van der Waals surface area (Å²) in [4.78, 5) is 2.47. The molecule has 10 aromatic carbocycles. The second-order valence-electron chi connectivity index (χ2n) is 15.9. The van der Waals surface area contributed by atoms with Crippen molar-refractivity contribution in [1.29, 1.82) is 0 Å². The summed E-state index contributed by atoms with van der Waals surface area (Å²) < 4.78 is 13.6. The molecule has 3 heteroatoms. The molecule has 0 radical (unpaired) electrons. The van der Waals surface area contributed by atoms with E-state index in [0.717, 1.165) is 94.3 Å². The van der Waals surface area contributed by atoms with Crippen molar-refractivity contribution >= 4 is 60.5 Å². The summed E-state index contributed by atoms with van der Waals surface area (Å²) in [6.45, 7) is 0. The van der Waals surface area contributed by atoms with Crippen molar-refractivity contribution in [1.82, 2.24) is 0 Å². The highest BCUT2D eigenvalue weighted by Crippen LogP contribution is 2.65. The fourth-order valence-electron chi connectivity index (χ4n) is 10.4. The molecule has 11 aromatic rings. The fraction of sp³-hybridized carbons (Fsp3) is 0.0175. The summed E-state index contributed by atoms with van der Waals surface area (Å²) in [5, 5.41) is 6.70. The van der Waals surface area contributed by atoms with Gasteiger partial charge in [-0.3, -0.25) is 0 Å². The van der Waals surface area contributed by atoms with E-state index in [1.54, 1.807) is 0 Å². The Balaban J connectivity index is 1.16. The van der Waals surface area contributed by atoms with Gasteiger partial charge in [-0.15, -0.1) is 0 Å². The molecular weight excluding hydrogens is 731 g/mol. The Hall–Kier alpha value is -7.88. The molecule has 1 aliphatic carbocycles. The third-order valence-corrected chi connectivity index (χ3v) is 12.9. The molecule has 1 aromatic heterocycles. The number of rotatable bonds is 4. The van der Waals surface area contributed by atoms with Crippen molar-refractivity contribution in [3.63, 3.8) is 0 Å². The number of anilines is 3. The molecular formula is C57H35NO2. The highest BCUT2D eigenvalue weighted by molar-refractivity contribution is 6.08. The topological polar surface area (TPSA) is 25.6 Å². The minimum absolute atomic E-state index is 0.672. The summed E-state index contributed by atoms with van der Waals surface area (Å²) in [6, 6.07) is 76.8. The molecule has 0 saturated heterocycles. The summed E-state index contributed by atoms with van der Waals surface area (Å²) in [6.07, 6.45) is 0. The Morgan fingerprint density at radius 3 is 1.72 bits per heavy atom. The van der Waals surface area contributed by atoms with E-state index < -0.39 is 5.41 Å². The molecule has 0 N–H and O–H groups in total. The third-order valence-electron chi connectivity index (χ3n) is 12.9. The van der Waals surface area contributed by atoms with Crippen molar-refractivity contribution in [2.75, 3.05) is 4.90 Å². The number of para-hydroxylation sites is 2. The van der Waals surface area contributed by atoms with Crippen LogP contribution in [0.15, 0.2) is 217 Å². The lowest BCUT2D eigenvalue weighted by Gasteiger charge is -2.40. The second kappa shape index (κ2) is 12.6. The quantitative estimate of drug-likeness (QED) is 0.178. The SMILES string of the molecule is c1ccc(-c2ccccc2N(c2ccc3oc4ccccc4c3c2)c2cccc3c2-c2ccccc2C32c3ccc4ccccc4c3Oc3c2ccc2ccccc32)cc1. The Kier molecular flexibility index (Phi) is 6.93. The van der Waals surface area contributed by atoms with Gasteiger partial charge in [0, 0.05) is 49.5 Å². The van der Waals surface area contributed by atoms with Crippen LogP contribution in [-0.2, 0) is 5.41 Å². The average Bonchev–Trinajstić information content (AvgIpc) is 3.83. The lowest BCUT2D eigenvalue weighted by atomic mass is 9.65. The molecule has 0 unspecified atom stereocenters. The Bertz CT molecular complexity index is 3460. The number of fused-ring (bicyclic) bond motifs is 16. The maximum atomic E-state index is 7.25. The Morgan fingerprint density at radius 1 is 0.367 bits per heavy atom. The number of hydrogen-bond acceptors (Lipinski definition) is 3. The maximum Gasteiger partial charge on any atom is 0.140 e. The number of ether oxygens (including phenoxy) is 1. The van der Waals surface area contributed by atoms with Crippen molar-refractivity contribution in [2.24, 2.45) is 0 Å². The van der Waals surface area contributed by atoms with Gasteiger partial charge in [-0.1, -0.05) is 176 Å². The molecule has 280 valence electrons. The van der Waals surface area contributed by atoms with Gasteiger partial charge in [0.05, 0.1) is 16.8 Å². The fourth-order valence-corrected chi connectivity index (χ4v) is 10.4. The molecule has 2 heterocycles. The molecule has 0 atom stereocenters. The molecule has 1 aliphatic heterocycles. The van der Waals surface area contributed by atoms with Gasteiger partial charge in [0.2, 0.25) is 0 Å². The first-order valence-electron chi connectivity index (χ1n) is 20.6. The van der Waals surface area contributed by atoms with Gasteiger partial charge < -0.3 is 14.1 Å². The number of benzene rings is 10. The highest BCUT2D eigenvalue weighted by atomic mass is 16.5. The van der Waals surface area contributed by atoms with Gasteiger partial charge in [0.15, 0.2) is 0 Å². The maximum absolute atomic E-state index is 7.25. The van der Waals surface area contributed by atoms with E-state index in [2.05, 4.69) is 205 Å². The van der Waals surface area contributed by atoms with Gasteiger partial charge in [-0.05, 0) is 69.4 Å². The number of hydrogen-bond donors (Lipinski definition) is 0. The zero-order valence-corrected chi connectivity index (χ0v) is 32.5. The zero-order chi connectivity index (χ0) is 39.4.